The van der Waals surface area contributed by atoms with Crippen molar-refractivity contribution in [3.8, 4) is 0 Å². The molecule has 0 spiro atoms. The van der Waals surface area contributed by atoms with Crippen LogP contribution < -0.4 is 0 Å². The van der Waals surface area contributed by atoms with E-state index < -0.39 is 12.6 Å². The van der Waals surface area contributed by atoms with Crippen LogP contribution >= 0.6 is 0 Å². The standard InChI is InChI=1S/C18H31F3/c1-2-3-14-4-8-16(9-5-14)17-10-6-15(7-11-17)12-13-18(19,20)21/h14-17H,2-13H2,1H3/t14-,15-,16-,17-. The Bertz CT molecular complexity index is 281. The lowest BCUT2D eigenvalue weighted by molar-refractivity contribution is -0.138. The first-order chi connectivity index (χ1) is 9.98. The molecule has 0 aliphatic heterocycles. The third-order valence-corrected chi connectivity index (χ3v) is 5.98. The van der Waals surface area contributed by atoms with E-state index >= 15 is 0 Å². The highest BCUT2D eigenvalue weighted by molar-refractivity contribution is 4.82. The van der Waals surface area contributed by atoms with Crippen molar-refractivity contribution in [1.82, 2.24) is 0 Å². The second kappa shape index (κ2) is 7.87. The van der Waals surface area contributed by atoms with E-state index in [1.165, 1.54) is 51.4 Å². The molecule has 2 rings (SSSR count). The van der Waals surface area contributed by atoms with E-state index in [4.69, 9.17) is 0 Å². The van der Waals surface area contributed by atoms with Gasteiger partial charge in [0.05, 0.1) is 0 Å². The van der Waals surface area contributed by atoms with Crippen molar-refractivity contribution < 1.29 is 13.2 Å². The Balaban J connectivity index is 1.65. The Labute approximate surface area is 127 Å². The lowest BCUT2D eigenvalue weighted by Crippen LogP contribution is -2.26. The average Bonchev–Trinajstić information content (AvgIpc) is 2.46. The molecule has 0 heterocycles. The Kier molecular flexibility index (Phi) is 6.43. The first kappa shape index (κ1) is 17.1. The van der Waals surface area contributed by atoms with Gasteiger partial charge in [-0.1, -0.05) is 45.4 Å². The summed E-state index contributed by atoms with van der Waals surface area (Å²) >= 11 is 0. The van der Waals surface area contributed by atoms with E-state index in [2.05, 4.69) is 6.92 Å². The zero-order valence-corrected chi connectivity index (χ0v) is 13.4. The Morgan fingerprint density at radius 1 is 0.714 bits per heavy atom. The van der Waals surface area contributed by atoms with Crippen LogP contribution in [0.5, 0.6) is 0 Å². The van der Waals surface area contributed by atoms with Gasteiger partial charge in [0.2, 0.25) is 0 Å². The van der Waals surface area contributed by atoms with Crippen molar-refractivity contribution in [2.24, 2.45) is 23.7 Å². The molecule has 0 radical (unpaired) electrons. The van der Waals surface area contributed by atoms with Gasteiger partial charge < -0.3 is 0 Å². The van der Waals surface area contributed by atoms with E-state index in [-0.39, 0.29) is 0 Å². The Morgan fingerprint density at radius 3 is 1.52 bits per heavy atom. The van der Waals surface area contributed by atoms with Crippen LogP contribution in [-0.4, -0.2) is 6.18 Å². The summed E-state index contributed by atoms with van der Waals surface area (Å²) in [6, 6.07) is 0. The summed E-state index contributed by atoms with van der Waals surface area (Å²) in [4.78, 5) is 0. The van der Waals surface area contributed by atoms with Crippen LogP contribution in [0.25, 0.3) is 0 Å². The van der Waals surface area contributed by atoms with Crippen molar-refractivity contribution in [1.29, 1.82) is 0 Å². The molecular formula is C18H31F3. The maximum absolute atomic E-state index is 12.3. The molecule has 21 heavy (non-hydrogen) atoms. The normalized spacial score (nSPS) is 34.9. The van der Waals surface area contributed by atoms with Crippen molar-refractivity contribution in [2.45, 2.75) is 90.1 Å². The number of hydrogen-bond acceptors (Lipinski definition) is 0. The smallest absolute Gasteiger partial charge is 0.171 e. The van der Waals surface area contributed by atoms with Gasteiger partial charge in [0.1, 0.15) is 0 Å². The van der Waals surface area contributed by atoms with Crippen LogP contribution in [0.15, 0.2) is 0 Å². The van der Waals surface area contributed by atoms with Gasteiger partial charge in [0, 0.05) is 6.42 Å². The Morgan fingerprint density at radius 2 is 1.14 bits per heavy atom. The minimum atomic E-state index is -3.96. The second-order valence-electron chi connectivity index (χ2n) is 7.50. The zero-order chi connectivity index (χ0) is 15.3. The molecule has 3 heteroatoms. The molecule has 0 aromatic heterocycles. The number of halogens is 3. The van der Waals surface area contributed by atoms with E-state index in [9.17, 15) is 13.2 Å². The lowest BCUT2D eigenvalue weighted by Gasteiger charge is -2.38. The summed E-state index contributed by atoms with van der Waals surface area (Å²) in [5, 5.41) is 0. The summed E-state index contributed by atoms with van der Waals surface area (Å²) in [6.45, 7) is 2.27. The van der Waals surface area contributed by atoms with Crippen LogP contribution in [0.3, 0.4) is 0 Å². The molecule has 2 fully saturated rings. The summed E-state index contributed by atoms with van der Waals surface area (Å²) in [5.41, 5.74) is 0. The summed E-state index contributed by atoms with van der Waals surface area (Å²) < 4.78 is 36.8. The third kappa shape index (κ3) is 5.83. The molecule has 0 saturated heterocycles. The van der Waals surface area contributed by atoms with Crippen LogP contribution in [0.1, 0.15) is 84.0 Å². The van der Waals surface area contributed by atoms with Gasteiger partial charge in [-0.3, -0.25) is 0 Å². The number of hydrogen-bond donors (Lipinski definition) is 0. The Hall–Kier alpha value is -0.210. The van der Waals surface area contributed by atoms with E-state index in [0.29, 0.717) is 12.3 Å². The molecule has 0 bridgehead atoms. The van der Waals surface area contributed by atoms with Crippen LogP contribution in [0.4, 0.5) is 13.2 Å². The maximum atomic E-state index is 12.3. The van der Waals surface area contributed by atoms with Gasteiger partial charge in [0.15, 0.2) is 0 Å². The monoisotopic (exact) mass is 304 g/mol. The largest absolute Gasteiger partial charge is 0.389 e. The van der Waals surface area contributed by atoms with Crippen molar-refractivity contribution >= 4 is 0 Å². The fraction of sp³-hybridized carbons (Fsp3) is 1.00. The molecule has 2 aliphatic carbocycles. The molecule has 0 N–H and O–H groups in total. The third-order valence-electron chi connectivity index (χ3n) is 5.98. The molecular weight excluding hydrogens is 273 g/mol. The van der Waals surface area contributed by atoms with E-state index in [0.717, 1.165) is 30.6 Å². The molecule has 0 aromatic carbocycles. The molecule has 0 unspecified atom stereocenters. The minimum absolute atomic E-state index is 0.333. The fourth-order valence-electron chi connectivity index (χ4n) is 4.67. The van der Waals surface area contributed by atoms with Gasteiger partial charge in [-0.25, -0.2) is 0 Å². The van der Waals surface area contributed by atoms with Crippen LogP contribution in [-0.2, 0) is 0 Å². The molecule has 2 aliphatic rings. The van der Waals surface area contributed by atoms with Crippen molar-refractivity contribution in [3.63, 3.8) is 0 Å². The topological polar surface area (TPSA) is 0 Å². The molecule has 124 valence electrons. The first-order valence-corrected chi connectivity index (χ1v) is 9.04. The highest BCUT2D eigenvalue weighted by atomic mass is 19.4. The summed E-state index contributed by atoms with van der Waals surface area (Å²) in [6.07, 6.45) is 8.50. The highest BCUT2D eigenvalue weighted by Gasteiger charge is 2.33. The van der Waals surface area contributed by atoms with Crippen LogP contribution in [0, 0.1) is 23.7 Å². The summed E-state index contributed by atoms with van der Waals surface area (Å²) in [7, 11) is 0. The molecule has 0 amide bonds. The van der Waals surface area contributed by atoms with Crippen molar-refractivity contribution in [3.05, 3.63) is 0 Å². The fourth-order valence-corrected chi connectivity index (χ4v) is 4.67. The number of rotatable bonds is 5. The van der Waals surface area contributed by atoms with Gasteiger partial charge in [-0.05, 0) is 55.8 Å². The van der Waals surface area contributed by atoms with Gasteiger partial charge in [-0.2, -0.15) is 13.2 Å². The molecule has 2 saturated carbocycles. The molecule has 0 nitrogen and oxygen atoms in total. The van der Waals surface area contributed by atoms with Gasteiger partial charge in [-0.15, -0.1) is 0 Å². The predicted octanol–water partition coefficient (Wildman–Crippen LogP) is 6.74. The molecule has 0 atom stereocenters. The zero-order valence-electron chi connectivity index (χ0n) is 13.4. The van der Waals surface area contributed by atoms with Gasteiger partial charge in [0.25, 0.3) is 0 Å². The van der Waals surface area contributed by atoms with Gasteiger partial charge >= 0.3 is 6.18 Å². The van der Waals surface area contributed by atoms with Crippen molar-refractivity contribution in [2.75, 3.05) is 0 Å². The van der Waals surface area contributed by atoms with Crippen LogP contribution in [0.2, 0.25) is 0 Å². The quantitative estimate of drug-likeness (QED) is 0.527. The second-order valence-corrected chi connectivity index (χ2v) is 7.50. The van der Waals surface area contributed by atoms with E-state index in [1.54, 1.807) is 0 Å². The summed E-state index contributed by atoms with van der Waals surface area (Å²) in [5.74, 6) is 2.98. The SMILES string of the molecule is CCC[C@H]1CC[C@H]([C@H]2CC[C@H](CCC(F)(F)F)CC2)CC1. The first-order valence-electron chi connectivity index (χ1n) is 9.04. The predicted molar refractivity (Wildman–Crippen MR) is 81.1 cm³/mol. The highest BCUT2D eigenvalue weighted by Crippen LogP contribution is 2.43. The average molecular weight is 304 g/mol. The maximum Gasteiger partial charge on any atom is 0.389 e. The minimum Gasteiger partial charge on any atom is -0.171 e. The lowest BCUT2D eigenvalue weighted by atomic mass is 9.68. The molecule has 0 aromatic rings. The van der Waals surface area contributed by atoms with E-state index in [1.807, 2.05) is 0 Å². The number of alkyl halides is 3.